The van der Waals surface area contributed by atoms with Gasteiger partial charge in [0.25, 0.3) is 5.56 Å². The van der Waals surface area contributed by atoms with Crippen molar-refractivity contribution in [1.82, 2.24) is 30.2 Å². The number of rotatable bonds is 7. The van der Waals surface area contributed by atoms with Crippen molar-refractivity contribution in [2.24, 2.45) is 0 Å². The van der Waals surface area contributed by atoms with Gasteiger partial charge in [-0.3, -0.25) is 4.79 Å². The highest BCUT2D eigenvalue weighted by Gasteiger charge is 2.15. The van der Waals surface area contributed by atoms with Crippen LogP contribution in [0.5, 0.6) is 11.5 Å². The van der Waals surface area contributed by atoms with Crippen LogP contribution in [0.3, 0.4) is 0 Å². The lowest BCUT2D eigenvalue weighted by molar-refractivity contribution is 0.301. The molecule has 37 heavy (non-hydrogen) atoms. The van der Waals surface area contributed by atoms with Crippen LogP contribution >= 0.6 is 0 Å². The highest BCUT2D eigenvalue weighted by Crippen LogP contribution is 2.23. The first kappa shape index (κ1) is 22.4. The SMILES string of the molecule is COc1ccc2[nH]c(=O)c(-c3nnnn3Cc3cccc(OCc4ccc5ccccc5n4)c3)cc2c1. The van der Waals surface area contributed by atoms with Gasteiger partial charge in [-0.05, 0) is 64.5 Å². The van der Waals surface area contributed by atoms with Gasteiger partial charge >= 0.3 is 0 Å². The summed E-state index contributed by atoms with van der Waals surface area (Å²) in [7, 11) is 1.60. The van der Waals surface area contributed by atoms with Crippen molar-refractivity contribution in [3.05, 3.63) is 107 Å². The number of nitrogens with one attached hydrogen (secondary N) is 1. The summed E-state index contributed by atoms with van der Waals surface area (Å²) in [6.45, 7) is 0.712. The molecule has 0 aliphatic carbocycles. The summed E-state index contributed by atoms with van der Waals surface area (Å²) < 4.78 is 12.9. The fraction of sp³-hybridized carbons (Fsp3) is 0.107. The van der Waals surface area contributed by atoms with E-state index < -0.39 is 0 Å². The molecular formula is C28H22N6O3. The quantitative estimate of drug-likeness (QED) is 0.354. The van der Waals surface area contributed by atoms with Crippen LogP contribution in [-0.2, 0) is 13.2 Å². The minimum atomic E-state index is -0.270. The van der Waals surface area contributed by atoms with Gasteiger partial charge in [-0.1, -0.05) is 36.4 Å². The molecule has 0 aliphatic heterocycles. The minimum absolute atomic E-state index is 0.270. The number of aromatic nitrogens is 6. The van der Waals surface area contributed by atoms with Crippen LogP contribution in [-0.4, -0.2) is 37.3 Å². The van der Waals surface area contributed by atoms with Gasteiger partial charge in [0, 0.05) is 16.3 Å². The monoisotopic (exact) mass is 490 g/mol. The van der Waals surface area contributed by atoms with Gasteiger partial charge in [-0.2, -0.15) is 0 Å². The zero-order valence-corrected chi connectivity index (χ0v) is 20.0. The van der Waals surface area contributed by atoms with E-state index in [0.717, 1.165) is 27.5 Å². The number of aromatic amines is 1. The highest BCUT2D eigenvalue weighted by molar-refractivity contribution is 5.83. The Labute approximate surface area is 211 Å². The molecule has 9 heteroatoms. The number of fused-ring (bicyclic) bond motifs is 2. The third kappa shape index (κ3) is 4.62. The van der Waals surface area contributed by atoms with Gasteiger partial charge in [0.05, 0.1) is 30.4 Å². The van der Waals surface area contributed by atoms with Gasteiger partial charge in [0.15, 0.2) is 5.82 Å². The Hall–Kier alpha value is -5.05. The zero-order valence-electron chi connectivity index (χ0n) is 20.0. The topological polar surface area (TPSA) is 108 Å². The average Bonchev–Trinajstić information content (AvgIpc) is 3.39. The number of benzene rings is 3. The Morgan fingerprint density at radius 1 is 0.892 bits per heavy atom. The Balaban J connectivity index is 1.23. The summed E-state index contributed by atoms with van der Waals surface area (Å²) in [5.74, 6) is 1.77. The Morgan fingerprint density at radius 2 is 1.81 bits per heavy atom. The summed E-state index contributed by atoms with van der Waals surface area (Å²) in [5.41, 5.74) is 3.52. The van der Waals surface area contributed by atoms with Crippen LogP contribution in [0.25, 0.3) is 33.2 Å². The Bertz CT molecular complexity index is 1790. The summed E-state index contributed by atoms with van der Waals surface area (Å²) in [6, 6.07) is 26.9. The number of hydrogen-bond acceptors (Lipinski definition) is 7. The molecule has 0 unspecified atom stereocenters. The number of ether oxygens (including phenoxy) is 2. The molecule has 0 spiro atoms. The molecule has 0 fully saturated rings. The van der Waals surface area contributed by atoms with E-state index in [4.69, 9.17) is 9.47 Å². The first-order valence-corrected chi connectivity index (χ1v) is 11.7. The predicted octanol–water partition coefficient (Wildman–Crippen LogP) is 4.37. The molecule has 9 nitrogen and oxygen atoms in total. The fourth-order valence-corrected chi connectivity index (χ4v) is 4.23. The van der Waals surface area contributed by atoms with Gasteiger partial charge in [-0.25, -0.2) is 9.67 Å². The fourth-order valence-electron chi connectivity index (χ4n) is 4.23. The van der Waals surface area contributed by atoms with E-state index in [1.807, 2.05) is 66.7 Å². The number of para-hydroxylation sites is 1. The summed E-state index contributed by atoms with van der Waals surface area (Å²) in [6.07, 6.45) is 0. The lowest BCUT2D eigenvalue weighted by Crippen LogP contribution is -2.13. The zero-order chi connectivity index (χ0) is 25.2. The second kappa shape index (κ2) is 9.54. The van der Waals surface area contributed by atoms with Crippen molar-refractivity contribution in [3.63, 3.8) is 0 Å². The standard InChI is InChI=1S/C28H22N6O3/c1-36-22-11-12-26-20(14-22)15-24(28(35)30-26)27-31-32-33-34(27)16-18-5-4-7-23(13-18)37-17-21-10-9-19-6-2-3-8-25(19)29-21/h2-15H,16-17H2,1H3,(H,30,35). The smallest absolute Gasteiger partial charge is 0.259 e. The highest BCUT2D eigenvalue weighted by atomic mass is 16.5. The molecule has 1 N–H and O–H groups in total. The number of nitrogens with zero attached hydrogens (tertiary/aromatic N) is 5. The molecule has 182 valence electrons. The van der Waals surface area contributed by atoms with Crippen LogP contribution in [0, 0.1) is 0 Å². The molecule has 0 atom stereocenters. The van der Waals surface area contributed by atoms with Crippen LogP contribution < -0.4 is 15.0 Å². The molecule has 0 saturated carbocycles. The second-order valence-corrected chi connectivity index (χ2v) is 8.56. The molecule has 0 amide bonds. The van der Waals surface area contributed by atoms with E-state index in [2.05, 4.69) is 25.5 Å². The third-order valence-corrected chi connectivity index (χ3v) is 6.10. The molecule has 0 bridgehead atoms. The largest absolute Gasteiger partial charge is 0.497 e. The number of tetrazole rings is 1. The van der Waals surface area contributed by atoms with Crippen molar-refractivity contribution >= 4 is 21.8 Å². The van der Waals surface area contributed by atoms with E-state index in [-0.39, 0.29) is 5.56 Å². The van der Waals surface area contributed by atoms with E-state index >= 15 is 0 Å². The van der Waals surface area contributed by atoms with Crippen molar-refractivity contribution in [2.45, 2.75) is 13.2 Å². The number of hydrogen-bond donors (Lipinski definition) is 1. The van der Waals surface area contributed by atoms with Gasteiger partial charge in [-0.15, -0.1) is 5.10 Å². The van der Waals surface area contributed by atoms with Crippen molar-refractivity contribution < 1.29 is 9.47 Å². The molecule has 3 aromatic heterocycles. The lowest BCUT2D eigenvalue weighted by Gasteiger charge is -2.10. The van der Waals surface area contributed by atoms with E-state index in [9.17, 15) is 4.79 Å². The maximum atomic E-state index is 12.8. The van der Waals surface area contributed by atoms with Gasteiger partial charge < -0.3 is 14.5 Å². The minimum Gasteiger partial charge on any atom is -0.497 e. The van der Waals surface area contributed by atoms with E-state index in [1.165, 1.54) is 0 Å². The molecule has 6 aromatic rings. The van der Waals surface area contributed by atoms with Crippen LogP contribution in [0.4, 0.5) is 0 Å². The van der Waals surface area contributed by atoms with Gasteiger partial charge in [0.2, 0.25) is 0 Å². The summed E-state index contributed by atoms with van der Waals surface area (Å²) >= 11 is 0. The van der Waals surface area contributed by atoms with Crippen LogP contribution in [0.2, 0.25) is 0 Å². The molecule has 3 heterocycles. The van der Waals surface area contributed by atoms with Crippen molar-refractivity contribution in [1.29, 1.82) is 0 Å². The van der Waals surface area contributed by atoms with Crippen molar-refractivity contribution in [3.8, 4) is 22.9 Å². The number of pyridine rings is 2. The maximum Gasteiger partial charge on any atom is 0.259 e. The van der Waals surface area contributed by atoms with E-state index in [0.29, 0.717) is 41.6 Å². The van der Waals surface area contributed by atoms with Crippen LogP contribution in [0.15, 0.2) is 89.7 Å². The van der Waals surface area contributed by atoms with Crippen molar-refractivity contribution in [2.75, 3.05) is 7.11 Å². The second-order valence-electron chi connectivity index (χ2n) is 8.56. The first-order valence-electron chi connectivity index (χ1n) is 11.7. The Morgan fingerprint density at radius 3 is 2.73 bits per heavy atom. The normalized spacial score (nSPS) is 11.2. The molecule has 3 aromatic carbocycles. The lowest BCUT2D eigenvalue weighted by atomic mass is 10.1. The average molecular weight is 491 g/mol. The molecular weight excluding hydrogens is 468 g/mol. The molecule has 0 saturated heterocycles. The third-order valence-electron chi connectivity index (χ3n) is 6.10. The first-order chi connectivity index (χ1) is 18.2. The molecule has 0 aliphatic rings. The predicted molar refractivity (Wildman–Crippen MR) is 140 cm³/mol. The number of methoxy groups -OCH3 is 1. The van der Waals surface area contributed by atoms with E-state index in [1.54, 1.807) is 30.0 Å². The molecule has 0 radical (unpaired) electrons. The Kier molecular flexibility index (Phi) is 5.78. The number of H-pyrrole nitrogens is 1. The van der Waals surface area contributed by atoms with Gasteiger partial charge in [0.1, 0.15) is 18.1 Å². The molecule has 6 rings (SSSR count). The maximum absolute atomic E-state index is 12.8. The summed E-state index contributed by atoms with van der Waals surface area (Å²) in [5, 5.41) is 14.0. The summed E-state index contributed by atoms with van der Waals surface area (Å²) in [4.78, 5) is 20.4. The van der Waals surface area contributed by atoms with Crippen LogP contribution in [0.1, 0.15) is 11.3 Å².